The second-order valence-corrected chi connectivity index (χ2v) is 7.20. The lowest BCUT2D eigenvalue weighted by atomic mass is 10.2. The van der Waals surface area contributed by atoms with Gasteiger partial charge in [-0.15, -0.1) is 0 Å². The van der Waals surface area contributed by atoms with E-state index in [2.05, 4.69) is 27.6 Å². The molecule has 0 unspecified atom stereocenters. The third-order valence-electron chi connectivity index (χ3n) is 3.62. The Morgan fingerprint density at radius 2 is 2.09 bits per heavy atom. The molecule has 0 spiro atoms. The average Bonchev–Trinajstić information content (AvgIpc) is 3.05. The molecule has 2 heterocycles. The van der Waals surface area contributed by atoms with Gasteiger partial charge in [0.25, 0.3) is 5.56 Å². The summed E-state index contributed by atoms with van der Waals surface area (Å²) in [5, 5.41) is 0. The minimum Gasteiger partial charge on any atom is -0.496 e. The first-order valence-corrected chi connectivity index (χ1v) is 8.82. The summed E-state index contributed by atoms with van der Waals surface area (Å²) in [6.07, 6.45) is 1.90. The molecule has 2 aromatic heterocycles. The van der Waals surface area contributed by atoms with Crippen LogP contribution in [0.15, 0.2) is 47.3 Å². The van der Waals surface area contributed by atoms with E-state index in [0.29, 0.717) is 4.53 Å². The molecule has 6 heteroatoms. The van der Waals surface area contributed by atoms with Gasteiger partial charge in [0.05, 0.1) is 26.2 Å². The van der Waals surface area contributed by atoms with Crippen LogP contribution in [0.25, 0.3) is 22.1 Å². The number of hydrogen-bond donors (Lipinski definition) is 0. The zero-order valence-corrected chi connectivity index (χ0v) is 15.1. The van der Waals surface area contributed by atoms with Crippen LogP contribution in [0.2, 0.25) is 0 Å². The van der Waals surface area contributed by atoms with Gasteiger partial charge in [-0.1, -0.05) is 29.5 Å². The van der Waals surface area contributed by atoms with Crippen LogP contribution < -0.4 is 14.8 Å². The summed E-state index contributed by atoms with van der Waals surface area (Å²) < 4.78 is 8.64. The monoisotopic (exact) mass is 434 g/mol. The lowest BCUT2D eigenvalue weighted by Gasteiger charge is -2.02. The first-order valence-electron chi connectivity index (χ1n) is 6.92. The van der Waals surface area contributed by atoms with Crippen molar-refractivity contribution in [3.8, 4) is 5.75 Å². The molecule has 0 amide bonds. The Balaban J connectivity index is 1.94. The number of imidazole rings is 1. The van der Waals surface area contributed by atoms with E-state index in [4.69, 9.17) is 4.74 Å². The van der Waals surface area contributed by atoms with Gasteiger partial charge in [0.15, 0.2) is 4.96 Å². The maximum Gasteiger partial charge on any atom is 0.274 e. The SMILES string of the molecule is COc1ccc(C=c2sc3nc4ccccc4n3c2=O)cc1I. The maximum absolute atomic E-state index is 12.7. The first-order chi connectivity index (χ1) is 11.2. The number of benzene rings is 2. The van der Waals surface area contributed by atoms with Gasteiger partial charge >= 0.3 is 0 Å². The van der Waals surface area contributed by atoms with E-state index in [-0.39, 0.29) is 5.56 Å². The summed E-state index contributed by atoms with van der Waals surface area (Å²) in [5.41, 5.74) is 2.65. The Labute approximate surface area is 149 Å². The zero-order valence-electron chi connectivity index (χ0n) is 12.1. The van der Waals surface area contributed by atoms with Crippen molar-refractivity contribution in [2.24, 2.45) is 0 Å². The number of aromatic nitrogens is 2. The van der Waals surface area contributed by atoms with Gasteiger partial charge in [-0.05, 0) is 58.5 Å². The van der Waals surface area contributed by atoms with Crippen molar-refractivity contribution in [1.29, 1.82) is 0 Å². The number of ether oxygens (including phenoxy) is 1. The standard InChI is InChI=1S/C17H11IN2O2S/c1-22-14-7-6-10(8-11(14)18)9-15-16(21)20-13-5-3-2-4-12(13)19-17(20)23-15/h2-9H,1H3. The Morgan fingerprint density at radius 3 is 2.87 bits per heavy atom. The number of para-hydroxylation sites is 2. The Hall–Kier alpha value is -1.93. The molecule has 0 fully saturated rings. The smallest absolute Gasteiger partial charge is 0.274 e. The van der Waals surface area contributed by atoms with Gasteiger partial charge in [-0.25, -0.2) is 9.38 Å². The quantitative estimate of drug-likeness (QED) is 0.456. The highest BCUT2D eigenvalue weighted by atomic mass is 127. The minimum absolute atomic E-state index is 0.0236. The molecule has 4 rings (SSSR count). The highest BCUT2D eigenvalue weighted by Gasteiger charge is 2.10. The number of nitrogens with zero attached hydrogens (tertiary/aromatic N) is 2. The molecule has 23 heavy (non-hydrogen) atoms. The van der Waals surface area contributed by atoms with Crippen molar-refractivity contribution in [2.45, 2.75) is 0 Å². The summed E-state index contributed by atoms with van der Waals surface area (Å²) in [5.74, 6) is 0.831. The van der Waals surface area contributed by atoms with Crippen LogP contribution in [0.4, 0.5) is 0 Å². The molecule has 0 radical (unpaired) electrons. The van der Waals surface area contributed by atoms with E-state index in [9.17, 15) is 4.79 Å². The number of rotatable bonds is 2. The van der Waals surface area contributed by atoms with Crippen molar-refractivity contribution >= 4 is 56.0 Å². The highest BCUT2D eigenvalue weighted by molar-refractivity contribution is 14.1. The predicted molar refractivity (Wildman–Crippen MR) is 101 cm³/mol. The lowest BCUT2D eigenvalue weighted by Crippen LogP contribution is -2.22. The van der Waals surface area contributed by atoms with Gasteiger partial charge < -0.3 is 4.74 Å². The summed E-state index contributed by atoms with van der Waals surface area (Å²) in [4.78, 5) is 17.9. The number of halogens is 1. The van der Waals surface area contributed by atoms with Crippen LogP contribution in [-0.4, -0.2) is 16.5 Å². The molecule has 2 aromatic carbocycles. The molecule has 0 saturated carbocycles. The maximum atomic E-state index is 12.7. The van der Waals surface area contributed by atoms with Crippen LogP contribution in [0.5, 0.6) is 5.75 Å². The molecule has 114 valence electrons. The average molecular weight is 434 g/mol. The molecule has 0 saturated heterocycles. The van der Waals surface area contributed by atoms with E-state index >= 15 is 0 Å². The van der Waals surface area contributed by atoms with Crippen molar-refractivity contribution in [3.05, 3.63) is 66.5 Å². The topological polar surface area (TPSA) is 43.6 Å². The van der Waals surface area contributed by atoms with Gasteiger partial charge in [0, 0.05) is 0 Å². The van der Waals surface area contributed by atoms with Gasteiger partial charge in [0.2, 0.25) is 0 Å². The summed E-state index contributed by atoms with van der Waals surface area (Å²) >= 11 is 3.64. The molecular formula is C17H11IN2O2S. The Kier molecular flexibility index (Phi) is 3.57. The van der Waals surface area contributed by atoms with E-state index in [1.165, 1.54) is 11.3 Å². The molecule has 0 aliphatic carbocycles. The molecule has 4 nitrogen and oxygen atoms in total. The van der Waals surface area contributed by atoms with E-state index in [0.717, 1.165) is 30.9 Å². The van der Waals surface area contributed by atoms with Gasteiger partial charge in [-0.2, -0.15) is 0 Å². The van der Waals surface area contributed by atoms with E-state index in [1.807, 2.05) is 48.5 Å². The summed E-state index contributed by atoms with van der Waals surface area (Å²) in [6.45, 7) is 0. The van der Waals surface area contributed by atoms with Crippen molar-refractivity contribution in [3.63, 3.8) is 0 Å². The third kappa shape index (κ3) is 2.42. The number of fused-ring (bicyclic) bond motifs is 3. The second-order valence-electron chi connectivity index (χ2n) is 5.03. The largest absolute Gasteiger partial charge is 0.496 e. The fourth-order valence-electron chi connectivity index (χ4n) is 2.54. The number of methoxy groups -OCH3 is 1. The molecule has 4 aromatic rings. The van der Waals surface area contributed by atoms with E-state index in [1.54, 1.807) is 11.5 Å². The van der Waals surface area contributed by atoms with Crippen molar-refractivity contribution in [1.82, 2.24) is 9.38 Å². The van der Waals surface area contributed by atoms with Crippen LogP contribution in [-0.2, 0) is 0 Å². The highest BCUT2D eigenvalue weighted by Crippen LogP contribution is 2.22. The predicted octanol–water partition coefficient (Wildman–Crippen LogP) is 3.07. The van der Waals surface area contributed by atoms with Crippen LogP contribution in [0.1, 0.15) is 5.56 Å². The molecular weight excluding hydrogens is 423 g/mol. The fraction of sp³-hybridized carbons (Fsp3) is 0.0588. The van der Waals surface area contributed by atoms with Gasteiger partial charge in [0.1, 0.15) is 5.75 Å². The van der Waals surface area contributed by atoms with Crippen LogP contribution >= 0.6 is 33.9 Å². The molecule has 0 bridgehead atoms. The molecule has 0 atom stereocenters. The first kappa shape index (κ1) is 14.6. The van der Waals surface area contributed by atoms with Crippen molar-refractivity contribution in [2.75, 3.05) is 7.11 Å². The normalized spacial score (nSPS) is 12.3. The zero-order chi connectivity index (χ0) is 16.0. The van der Waals surface area contributed by atoms with Gasteiger partial charge in [-0.3, -0.25) is 4.79 Å². The van der Waals surface area contributed by atoms with Crippen LogP contribution in [0, 0.1) is 3.57 Å². The van der Waals surface area contributed by atoms with Crippen LogP contribution in [0.3, 0.4) is 0 Å². The Bertz CT molecular complexity index is 1150. The summed E-state index contributed by atoms with van der Waals surface area (Å²) in [7, 11) is 1.65. The van der Waals surface area contributed by atoms with Crippen molar-refractivity contribution < 1.29 is 4.74 Å². The second kappa shape index (κ2) is 5.61. The minimum atomic E-state index is -0.0236. The number of hydrogen-bond acceptors (Lipinski definition) is 4. The molecule has 0 aliphatic rings. The fourth-order valence-corrected chi connectivity index (χ4v) is 4.28. The lowest BCUT2D eigenvalue weighted by molar-refractivity contribution is 0.412. The van der Waals surface area contributed by atoms with E-state index < -0.39 is 0 Å². The number of thiazole rings is 1. The Morgan fingerprint density at radius 1 is 1.26 bits per heavy atom. The third-order valence-corrected chi connectivity index (χ3v) is 5.43. The molecule has 0 aliphatic heterocycles. The molecule has 0 N–H and O–H groups in total. The summed E-state index contributed by atoms with van der Waals surface area (Å²) in [6, 6.07) is 13.5.